The largest absolute Gasteiger partial charge is 0.481 e. The van der Waals surface area contributed by atoms with Crippen LogP contribution in [-0.2, 0) is 11.2 Å². The Morgan fingerprint density at radius 3 is 2.92 bits per heavy atom. The predicted molar refractivity (Wildman–Crippen MR) is 46.3 cm³/mol. The highest BCUT2D eigenvalue weighted by Crippen LogP contribution is 2.09. The molecule has 12 heavy (non-hydrogen) atoms. The summed E-state index contributed by atoms with van der Waals surface area (Å²) in [5, 5.41) is 21.4. The number of hydrogen-bond acceptors (Lipinski definition) is 3. The molecule has 1 rings (SSSR count). The van der Waals surface area contributed by atoms with Gasteiger partial charge in [0, 0.05) is 0 Å². The molecular weight excluding hydrogens is 176 g/mol. The van der Waals surface area contributed by atoms with E-state index in [1.807, 2.05) is 16.8 Å². The zero-order valence-corrected chi connectivity index (χ0v) is 7.25. The van der Waals surface area contributed by atoms with E-state index < -0.39 is 12.1 Å². The van der Waals surface area contributed by atoms with Gasteiger partial charge in [-0.2, -0.15) is 11.3 Å². The van der Waals surface area contributed by atoms with Gasteiger partial charge in [0.2, 0.25) is 0 Å². The Morgan fingerprint density at radius 2 is 2.42 bits per heavy atom. The van der Waals surface area contributed by atoms with Crippen molar-refractivity contribution in [2.75, 3.05) is 0 Å². The molecule has 0 radical (unpaired) electrons. The average Bonchev–Trinajstić information content (AvgIpc) is 2.37. The van der Waals surface area contributed by atoms with E-state index in [0.29, 0.717) is 6.42 Å². The smallest absolute Gasteiger partial charge is 0.305 e. The van der Waals surface area contributed by atoms with Crippen molar-refractivity contribution in [1.82, 2.24) is 0 Å². The lowest BCUT2D eigenvalue weighted by molar-refractivity contribution is -0.139. The van der Waals surface area contributed by atoms with Crippen molar-refractivity contribution in [3.8, 4) is 0 Å². The van der Waals surface area contributed by atoms with Crippen LogP contribution in [0.3, 0.4) is 0 Å². The van der Waals surface area contributed by atoms with E-state index in [9.17, 15) is 9.90 Å². The van der Waals surface area contributed by atoms with Crippen LogP contribution in [0, 0.1) is 0 Å². The van der Waals surface area contributed by atoms with Crippen molar-refractivity contribution in [2.24, 2.45) is 0 Å². The topological polar surface area (TPSA) is 57.5 Å². The highest BCUT2D eigenvalue weighted by Gasteiger charge is 2.09. The lowest BCUT2D eigenvalue weighted by Gasteiger charge is -2.04. The number of hydrogen-bond donors (Lipinski definition) is 2. The number of carboxylic acid groups (broad SMARTS) is 1. The number of carbonyl (C=O) groups is 1. The van der Waals surface area contributed by atoms with Gasteiger partial charge in [0.25, 0.3) is 0 Å². The van der Waals surface area contributed by atoms with Crippen LogP contribution in [0.25, 0.3) is 0 Å². The number of carboxylic acids is 1. The molecular formula is C8H10O3S. The molecule has 0 saturated heterocycles. The van der Waals surface area contributed by atoms with Crippen LogP contribution in [-0.4, -0.2) is 22.3 Å². The van der Waals surface area contributed by atoms with Crippen LogP contribution in [0.4, 0.5) is 0 Å². The van der Waals surface area contributed by atoms with Gasteiger partial charge in [-0.15, -0.1) is 0 Å². The Hall–Kier alpha value is -0.870. The summed E-state index contributed by atoms with van der Waals surface area (Å²) >= 11 is 1.54. The Bertz CT molecular complexity index is 243. The van der Waals surface area contributed by atoms with Gasteiger partial charge in [0.15, 0.2) is 0 Å². The molecule has 0 spiro atoms. The number of rotatable bonds is 4. The lowest BCUT2D eigenvalue weighted by atomic mass is 10.1. The van der Waals surface area contributed by atoms with Crippen molar-refractivity contribution >= 4 is 17.3 Å². The van der Waals surface area contributed by atoms with Crippen LogP contribution < -0.4 is 0 Å². The summed E-state index contributed by atoms with van der Waals surface area (Å²) in [5.74, 6) is -0.960. The van der Waals surface area contributed by atoms with Crippen molar-refractivity contribution in [3.63, 3.8) is 0 Å². The fourth-order valence-electron chi connectivity index (χ4n) is 0.955. The first kappa shape index (κ1) is 9.22. The summed E-state index contributed by atoms with van der Waals surface area (Å²) in [6, 6.07) is 1.88. The second-order valence-corrected chi connectivity index (χ2v) is 3.37. The number of aliphatic carboxylic acids is 1. The molecule has 0 saturated carbocycles. The number of aliphatic hydroxyl groups is 1. The van der Waals surface area contributed by atoms with Crippen molar-refractivity contribution < 1.29 is 15.0 Å². The Labute approximate surface area is 74.3 Å². The Morgan fingerprint density at radius 1 is 1.67 bits per heavy atom. The second-order valence-electron chi connectivity index (χ2n) is 2.59. The van der Waals surface area contributed by atoms with Crippen molar-refractivity contribution in [2.45, 2.75) is 18.9 Å². The molecule has 0 aromatic carbocycles. The van der Waals surface area contributed by atoms with Crippen molar-refractivity contribution in [1.29, 1.82) is 0 Å². The predicted octanol–water partition coefficient (Wildman–Crippen LogP) is 1.13. The molecule has 2 N–H and O–H groups in total. The fraction of sp³-hybridized carbons (Fsp3) is 0.375. The first-order chi connectivity index (χ1) is 5.68. The summed E-state index contributed by atoms with van der Waals surface area (Å²) in [7, 11) is 0. The molecule has 0 amide bonds. The molecule has 1 atom stereocenters. The molecule has 0 unspecified atom stereocenters. The van der Waals surface area contributed by atoms with Crippen LogP contribution in [0.5, 0.6) is 0 Å². The normalized spacial score (nSPS) is 12.8. The van der Waals surface area contributed by atoms with E-state index in [1.165, 1.54) is 0 Å². The number of thiophene rings is 1. The summed E-state index contributed by atoms with van der Waals surface area (Å²) in [5.41, 5.74) is 0.994. The zero-order chi connectivity index (χ0) is 8.97. The SMILES string of the molecule is O=C(O)C[C@@H](O)Cc1ccsc1. The molecule has 66 valence electrons. The maximum absolute atomic E-state index is 10.2. The Balaban J connectivity index is 2.36. The molecule has 4 heteroatoms. The van der Waals surface area contributed by atoms with Crippen molar-refractivity contribution in [3.05, 3.63) is 22.4 Å². The van der Waals surface area contributed by atoms with Crippen LogP contribution in [0.1, 0.15) is 12.0 Å². The van der Waals surface area contributed by atoms with Gasteiger partial charge in [-0.3, -0.25) is 4.79 Å². The summed E-state index contributed by atoms with van der Waals surface area (Å²) in [4.78, 5) is 10.2. The average molecular weight is 186 g/mol. The third-order valence-corrected chi connectivity index (χ3v) is 2.19. The van der Waals surface area contributed by atoms with Gasteiger partial charge in [-0.05, 0) is 28.8 Å². The first-order valence-corrected chi connectivity index (χ1v) is 4.53. The minimum absolute atomic E-state index is 0.185. The molecule has 3 nitrogen and oxygen atoms in total. The highest BCUT2D eigenvalue weighted by molar-refractivity contribution is 7.07. The summed E-state index contributed by atoms with van der Waals surface area (Å²) < 4.78 is 0. The maximum Gasteiger partial charge on any atom is 0.305 e. The van der Waals surface area contributed by atoms with Gasteiger partial charge >= 0.3 is 5.97 Å². The minimum Gasteiger partial charge on any atom is -0.481 e. The molecule has 0 aliphatic carbocycles. The fourth-order valence-corrected chi connectivity index (χ4v) is 1.64. The standard InChI is InChI=1S/C8H10O3S/c9-7(4-8(10)11)3-6-1-2-12-5-6/h1-2,5,7,9H,3-4H2,(H,10,11)/t7-/m0/s1. The van der Waals surface area contributed by atoms with Crippen LogP contribution >= 0.6 is 11.3 Å². The molecule has 0 aliphatic rings. The number of aliphatic hydroxyl groups excluding tert-OH is 1. The monoisotopic (exact) mass is 186 g/mol. The van der Waals surface area contributed by atoms with E-state index in [1.54, 1.807) is 11.3 Å². The van der Waals surface area contributed by atoms with Crippen LogP contribution in [0.15, 0.2) is 16.8 Å². The molecule has 0 bridgehead atoms. The van der Waals surface area contributed by atoms with Gasteiger partial charge in [0.1, 0.15) is 0 Å². The summed E-state index contributed by atoms with van der Waals surface area (Å²) in [6.07, 6.45) is -0.525. The van der Waals surface area contributed by atoms with E-state index >= 15 is 0 Å². The van der Waals surface area contributed by atoms with E-state index in [4.69, 9.17) is 5.11 Å². The Kier molecular flexibility index (Phi) is 3.25. The molecule has 1 aromatic rings. The first-order valence-electron chi connectivity index (χ1n) is 3.59. The van der Waals surface area contributed by atoms with Gasteiger partial charge < -0.3 is 10.2 Å². The molecule has 0 fully saturated rings. The third-order valence-electron chi connectivity index (χ3n) is 1.46. The molecule has 1 heterocycles. The third kappa shape index (κ3) is 3.02. The molecule has 1 aromatic heterocycles. The minimum atomic E-state index is -0.960. The van der Waals surface area contributed by atoms with Gasteiger partial charge in [-0.1, -0.05) is 0 Å². The molecule has 0 aliphatic heterocycles. The van der Waals surface area contributed by atoms with Gasteiger partial charge in [0.05, 0.1) is 12.5 Å². The highest BCUT2D eigenvalue weighted by atomic mass is 32.1. The van der Waals surface area contributed by atoms with E-state index in [2.05, 4.69) is 0 Å². The maximum atomic E-state index is 10.2. The van der Waals surface area contributed by atoms with Gasteiger partial charge in [-0.25, -0.2) is 0 Å². The van der Waals surface area contributed by atoms with Crippen LogP contribution in [0.2, 0.25) is 0 Å². The summed E-state index contributed by atoms with van der Waals surface area (Å²) in [6.45, 7) is 0. The van der Waals surface area contributed by atoms with E-state index in [-0.39, 0.29) is 6.42 Å². The van der Waals surface area contributed by atoms with E-state index in [0.717, 1.165) is 5.56 Å². The quantitative estimate of drug-likeness (QED) is 0.741. The zero-order valence-electron chi connectivity index (χ0n) is 6.43. The second kappa shape index (κ2) is 4.23. The lowest BCUT2D eigenvalue weighted by Crippen LogP contribution is -2.15.